The second-order valence-corrected chi connectivity index (χ2v) is 6.86. The van der Waals surface area contributed by atoms with Gasteiger partial charge in [0, 0.05) is 24.0 Å². The molecule has 2 heterocycles. The number of nitrogens with zero attached hydrogens (tertiary/aromatic N) is 2. The summed E-state index contributed by atoms with van der Waals surface area (Å²) < 4.78 is 2.13. The zero-order valence-corrected chi connectivity index (χ0v) is 15.1. The first-order chi connectivity index (χ1) is 11.9. The highest BCUT2D eigenvalue weighted by molar-refractivity contribution is 6.31. The van der Waals surface area contributed by atoms with Crippen LogP contribution >= 0.6 is 0 Å². The topological polar surface area (TPSA) is 71.4 Å². The summed E-state index contributed by atoms with van der Waals surface area (Å²) >= 11 is 0. The Kier molecular flexibility index (Phi) is 4.79. The second kappa shape index (κ2) is 6.86. The second-order valence-electron chi connectivity index (χ2n) is 6.86. The summed E-state index contributed by atoms with van der Waals surface area (Å²) in [6.45, 7) is 6.85. The summed E-state index contributed by atoms with van der Waals surface area (Å²) in [4.78, 5) is 38.6. The van der Waals surface area contributed by atoms with Crippen molar-refractivity contribution in [2.45, 2.75) is 65.5 Å². The fraction of sp³-hybridized carbons (Fsp3) is 0.526. The van der Waals surface area contributed by atoms with Crippen molar-refractivity contribution in [1.82, 2.24) is 14.8 Å². The van der Waals surface area contributed by atoms with Crippen molar-refractivity contribution >= 4 is 23.9 Å². The molecule has 1 aliphatic heterocycles. The number of carbonyl (C=O) groups excluding carboxylic acids is 3. The monoisotopic (exact) mass is 343 g/mol. The Balaban J connectivity index is 1.95. The van der Waals surface area contributed by atoms with E-state index in [1.54, 1.807) is 6.08 Å². The van der Waals surface area contributed by atoms with Gasteiger partial charge in [0.15, 0.2) is 0 Å². The molecule has 1 saturated carbocycles. The number of barbiturate groups is 1. The minimum Gasteiger partial charge on any atom is -0.349 e. The first kappa shape index (κ1) is 17.5. The average Bonchev–Trinajstić information content (AvgIpc) is 2.85. The molecular weight excluding hydrogens is 318 g/mol. The third kappa shape index (κ3) is 3.13. The maximum absolute atomic E-state index is 12.9. The number of urea groups is 1. The molecule has 134 valence electrons. The van der Waals surface area contributed by atoms with Gasteiger partial charge in [0.2, 0.25) is 0 Å². The van der Waals surface area contributed by atoms with Crippen molar-refractivity contribution in [2.24, 2.45) is 0 Å². The van der Waals surface area contributed by atoms with Gasteiger partial charge >= 0.3 is 6.03 Å². The predicted octanol–water partition coefficient (Wildman–Crippen LogP) is 2.92. The third-order valence-corrected chi connectivity index (χ3v) is 5.30. The van der Waals surface area contributed by atoms with Gasteiger partial charge in [0.25, 0.3) is 11.8 Å². The molecule has 6 heteroatoms. The molecular formula is C19H25N3O3. The van der Waals surface area contributed by atoms with E-state index in [2.05, 4.69) is 16.8 Å². The predicted molar refractivity (Wildman–Crippen MR) is 94.8 cm³/mol. The van der Waals surface area contributed by atoms with Crippen LogP contribution in [0.15, 0.2) is 11.6 Å². The van der Waals surface area contributed by atoms with Crippen LogP contribution in [-0.4, -0.2) is 33.4 Å². The number of amides is 4. The van der Waals surface area contributed by atoms with Gasteiger partial charge in [-0.2, -0.15) is 0 Å². The average molecular weight is 343 g/mol. The first-order valence-corrected chi connectivity index (χ1v) is 9.01. The number of aryl methyl sites for hydroxylation is 1. The molecule has 2 fully saturated rings. The van der Waals surface area contributed by atoms with E-state index < -0.39 is 17.8 Å². The van der Waals surface area contributed by atoms with Gasteiger partial charge in [-0.1, -0.05) is 19.3 Å². The van der Waals surface area contributed by atoms with E-state index in [-0.39, 0.29) is 11.6 Å². The van der Waals surface area contributed by atoms with E-state index in [4.69, 9.17) is 0 Å². The number of aromatic nitrogens is 1. The number of nitrogens with one attached hydrogen (secondary N) is 1. The molecule has 1 aliphatic carbocycles. The highest BCUT2D eigenvalue weighted by atomic mass is 16.2. The molecule has 1 aromatic rings. The lowest BCUT2D eigenvalue weighted by atomic mass is 9.93. The van der Waals surface area contributed by atoms with Crippen LogP contribution in [0.5, 0.6) is 0 Å². The lowest BCUT2D eigenvalue weighted by Gasteiger charge is -2.35. The summed E-state index contributed by atoms with van der Waals surface area (Å²) in [6.07, 6.45) is 6.38. The molecule has 0 bridgehead atoms. The fourth-order valence-corrected chi connectivity index (χ4v) is 3.96. The Bertz CT molecular complexity index is 754. The summed E-state index contributed by atoms with van der Waals surface area (Å²) in [7, 11) is 0. The molecule has 2 aliphatic rings. The molecule has 0 aromatic carbocycles. The van der Waals surface area contributed by atoms with Crippen molar-refractivity contribution in [2.75, 3.05) is 0 Å². The van der Waals surface area contributed by atoms with Crippen LogP contribution in [0.3, 0.4) is 0 Å². The van der Waals surface area contributed by atoms with Crippen LogP contribution in [-0.2, 0) is 16.1 Å². The number of carbonyl (C=O) groups is 3. The molecule has 0 spiro atoms. The maximum atomic E-state index is 12.9. The standard InChI is InChI=1S/C19H25N3O3/c1-4-21-12(2)10-14(13(21)3)11-16-17(23)20-19(25)22(18(16)24)15-8-6-5-7-9-15/h10-11,15H,4-9H2,1-3H3,(H,20,23,25). The lowest BCUT2D eigenvalue weighted by molar-refractivity contribution is -0.132. The molecule has 3 rings (SSSR count). The highest BCUT2D eigenvalue weighted by Crippen LogP contribution is 2.27. The van der Waals surface area contributed by atoms with Crippen LogP contribution < -0.4 is 5.32 Å². The fourth-order valence-electron chi connectivity index (χ4n) is 3.96. The van der Waals surface area contributed by atoms with Gasteiger partial charge in [0.05, 0.1) is 0 Å². The molecule has 0 atom stereocenters. The number of imide groups is 2. The van der Waals surface area contributed by atoms with Crippen molar-refractivity contribution in [3.8, 4) is 0 Å². The van der Waals surface area contributed by atoms with E-state index in [1.807, 2.05) is 19.9 Å². The summed E-state index contributed by atoms with van der Waals surface area (Å²) in [6, 6.07) is 1.27. The SMILES string of the molecule is CCn1c(C)cc(C=C2C(=O)NC(=O)N(C3CCCCC3)C2=O)c1C. The smallest absolute Gasteiger partial charge is 0.331 e. The van der Waals surface area contributed by atoms with Crippen LogP contribution in [0, 0.1) is 13.8 Å². The summed E-state index contributed by atoms with van der Waals surface area (Å²) in [5.41, 5.74) is 2.97. The molecule has 0 radical (unpaired) electrons. The van der Waals surface area contributed by atoms with Gasteiger partial charge in [-0.3, -0.25) is 19.8 Å². The van der Waals surface area contributed by atoms with Crippen molar-refractivity contribution < 1.29 is 14.4 Å². The van der Waals surface area contributed by atoms with Crippen molar-refractivity contribution in [1.29, 1.82) is 0 Å². The van der Waals surface area contributed by atoms with Crippen LogP contribution in [0.4, 0.5) is 4.79 Å². The van der Waals surface area contributed by atoms with Gasteiger partial charge in [-0.25, -0.2) is 4.79 Å². The number of hydrogen-bond donors (Lipinski definition) is 1. The van der Waals surface area contributed by atoms with E-state index in [1.165, 1.54) is 4.90 Å². The highest BCUT2D eigenvalue weighted by Gasteiger charge is 2.40. The summed E-state index contributed by atoms with van der Waals surface area (Å²) in [5, 5.41) is 2.33. The van der Waals surface area contributed by atoms with E-state index >= 15 is 0 Å². The Morgan fingerprint density at radius 3 is 2.44 bits per heavy atom. The normalized spacial score (nSPS) is 21.2. The van der Waals surface area contributed by atoms with Gasteiger partial charge in [-0.15, -0.1) is 0 Å². The van der Waals surface area contributed by atoms with Gasteiger partial charge in [-0.05, 0) is 51.3 Å². The van der Waals surface area contributed by atoms with E-state index in [0.29, 0.717) is 0 Å². The molecule has 1 aromatic heterocycles. The zero-order chi connectivity index (χ0) is 18.1. The largest absolute Gasteiger partial charge is 0.349 e. The Morgan fingerprint density at radius 1 is 1.16 bits per heavy atom. The van der Waals surface area contributed by atoms with E-state index in [9.17, 15) is 14.4 Å². The van der Waals surface area contributed by atoms with Crippen LogP contribution in [0.25, 0.3) is 6.08 Å². The Labute approximate surface area is 147 Å². The molecule has 0 unspecified atom stereocenters. The number of hydrogen-bond acceptors (Lipinski definition) is 3. The molecule has 25 heavy (non-hydrogen) atoms. The first-order valence-electron chi connectivity index (χ1n) is 9.01. The zero-order valence-electron chi connectivity index (χ0n) is 15.1. The van der Waals surface area contributed by atoms with Gasteiger partial charge in [0.1, 0.15) is 5.57 Å². The Morgan fingerprint density at radius 2 is 1.84 bits per heavy atom. The van der Waals surface area contributed by atoms with Crippen molar-refractivity contribution in [3.63, 3.8) is 0 Å². The Hall–Kier alpha value is -2.37. The van der Waals surface area contributed by atoms with Gasteiger partial charge < -0.3 is 4.57 Å². The van der Waals surface area contributed by atoms with Crippen LogP contribution in [0.1, 0.15) is 56.0 Å². The number of rotatable bonds is 3. The van der Waals surface area contributed by atoms with Crippen molar-refractivity contribution in [3.05, 3.63) is 28.6 Å². The molecule has 1 N–H and O–H groups in total. The van der Waals surface area contributed by atoms with E-state index in [0.717, 1.165) is 55.6 Å². The summed E-state index contributed by atoms with van der Waals surface area (Å²) in [5.74, 6) is -1.08. The maximum Gasteiger partial charge on any atom is 0.331 e. The lowest BCUT2D eigenvalue weighted by Crippen LogP contribution is -2.58. The molecule has 6 nitrogen and oxygen atoms in total. The molecule has 1 saturated heterocycles. The third-order valence-electron chi connectivity index (χ3n) is 5.30. The quantitative estimate of drug-likeness (QED) is 0.677. The minimum absolute atomic E-state index is 0.0431. The molecule has 4 amide bonds. The van der Waals surface area contributed by atoms with Crippen LogP contribution in [0.2, 0.25) is 0 Å². The minimum atomic E-state index is -0.608.